The average Bonchev–Trinajstić information content (AvgIpc) is 3.32. The van der Waals surface area contributed by atoms with Crippen molar-refractivity contribution in [3.05, 3.63) is 53.5 Å². The van der Waals surface area contributed by atoms with Crippen LogP contribution < -0.4 is 10.2 Å². The summed E-state index contributed by atoms with van der Waals surface area (Å²) in [5.41, 5.74) is 3.19. The van der Waals surface area contributed by atoms with Crippen LogP contribution in [-0.4, -0.2) is 42.0 Å². The Kier molecular flexibility index (Phi) is 6.18. The van der Waals surface area contributed by atoms with Gasteiger partial charge in [0.1, 0.15) is 5.01 Å². The highest BCUT2D eigenvalue weighted by Crippen LogP contribution is 2.36. The molecule has 0 aliphatic carbocycles. The van der Waals surface area contributed by atoms with Gasteiger partial charge in [0, 0.05) is 24.5 Å². The number of nitrogens with one attached hydrogen (secondary N) is 1. The van der Waals surface area contributed by atoms with E-state index < -0.39 is 0 Å². The van der Waals surface area contributed by atoms with Crippen molar-refractivity contribution in [2.24, 2.45) is 0 Å². The van der Waals surface area contributed by atoms with Crippen LogP contribution >= 0.6 is 11.3 Å². The van der Waals surface area contributed by atoms with E-state index in [1.807, 2.05) is 18.2 Å². The lowest BCUT2D eigenvalue weighted by atomic mass is 10.2. The number of thiazole rings is 1. The van der Waals surface area contributed by atoms with E-state index in [2.05, 4.69) is 45.4 Å². The van der Waals surface area contributed by atoms with E-state index in [0.29, 0.717) is 6.54 Å². The third-order valence-corrected chi connectivity index (χ3v) is 7.57. The predicted molar refractivity (Wildman–Crippen MR) is 129 cm³/mol. The first-order chi connectivity index (χ1) is 15.3. The first kappa shape index (κ1) is 20.5. The third kappa shape index (κ3) is 4.75. The highest BCUT2D eigenvalue weighted by atomic mass is 32.1. The van der Waals surface area contributed by atoms with Gasteiger partial charge in [-0.1, -0.05) is 25.0 Å². The van der Waals surface area contributed by atoms with Gasteiger partial charge in [-0.05, 0) is 68.6 Å². The summed E-state index contributed by atoms with van der Waals surface area (Å²) < 4.78 is 1.22. The molecule has 2 fully saturated rings. The molecule has 0 unspecified atom stereocenters. The highest BCUT2D eigenvalue weighted by Gasteiger charge is 2.30. The molecule has 5 nitrogen and oxygen atoms in total. The number of hydrogen-bond acceptors (Lipinski definition) is 5. The van der Waals surface area contributed by atoms with Gasteiger partial charge in [-0.2, -0.15) is 0 Å². The lowest BCUT2D eigenvalue weighted by Crippen LogP contribution is -2.32. The van der Waals surface area contributed by atoms with Gasteiger partial charge in [-0.3, -0.25) is 9.69 Å². The Bertz CT molecular complexity index is 990. The molecule has 0 radical (unpaired) electrons. The Balaban J connectivity index is 1.20. The molecular formula is C25H30N4OS. The number of aromatic nitrogens is 1. The number of benzene rings is 2. The quantitative estimate of drug-likeness (QED) is 0.580. The first-order valence-corrected chi connectivity index (χ1v) is 12.3. The fraction of sp³-hybridized carbons (Fsp3) is 0.440. The number of fused-ring (bicyclic) bond motifs is 1. The molecule has 1 N–H and O–H groups in total. The van der Waals surface area contributed by atoms with Crippen molar-refractivity contribution in [2.45, 2.75) is 44.6 Å². The molecule has 1 aromatic heterocycles. The summed E-state index contributed by atoms with van der Waals surface area (Å²) in [4.78, 5) is 22.3. The number of hydrogen-bond donors (Lipinski definition) is 1. The number of anilines is 2. The molecule has 6 heteroatoms. The molecule has 0 bridgehead atoms. The fourth-order valence-corrected chi connectivity index (χ4v) is 5.93. The topological polar surface area (TPSA) is 48.5 Å². The van der Waals surface area contributed by atoms with Gasteiger partial charge < -0.3 is 10.2 Å². The van der Waals surface area contributed by atoms with E-state index in [0.717, 1.165) is 48.7 Å². The lowest BCUT2D eigenvalue weighted by molar-refractivity contribution is -0.117. The summed E-state index contributed by atoms with van der Waals surface area (Å²) >= 11 is 1.76. The highest BCUT2D eigenvalue weighted by molar-refractivity contribution is 7.18. The monoisotopic (exact) mass is 434 g/mol. The minimum atomic E-state index is 0.0514. The van der Waals surface area contributed by atoms with Gasteiger partial charge in [-0.25, -0.2) is 4.98 Å². The first-order valence-electron chi connectivity index (χ1n) is 11.5. The van der Waals surface area contributed by atoms with E-state index in [1.165, 1.54) is 36.1 Å². The molecule has 1 amide bonds. The number of para-hydroxylation sites is 1. The van der Waals surface area contributed by atoms with E-state index in [9.17, 15) is 4.79 Å². The number of likely N-dealkylation sites (tertiary alicyclic amines) is 1. The molecule has 31 heavy (non-hydrogen) atoms. The Labute approximate surface area is 188 Å². The van der Waals surface area contributed by atoms with E-state index in [-0.39, 0.29) is 11.9 Å². The molecule has 0 saturated carbocycles. The van der Waals surface area contributed by atoms with Crippen molar-refractivity contribution >= 4 is 38.8 Å². The van der Waals surface area contributed by atoms with Crippen LogP contribution in [0.5, 0.6) is 0 Å². The van der Waals surface area contributed by atoms with Crippen molar-refractivity contribution in [1.82, 2.24) is 9.88 Å². The van der Waals surface area contributed by atoms with Gasteiger partial charge >= 0.3 is 0 Å². The van der Waals surface area contributed by atoms with Crippen LogP contribution in [0.25, 0.3) is 10.2 Å². The SMILES string of the molecule is O=C(CN1CCC[C@@H]1c1nc2ccccc2s1)Nc1ccc(N2CCCCCC2)cc1. The number of nitrogens with zero attached hydrogens (tertiary/aromatic N) is 3. The van der Waals surface area contributed by atoms with Gasteiger partial charge in [0.15, 0.2) is 0 Å². The van der Waals surface area contributed by atoms with Gasteiger partial charge in [0.25, 0.3) is 0 Å². The molecule has 5 rings (SSSR count). The summed E-state index contributed by atoms with van der Waals surface area (Å²) in [6.07, 6.45) is 7.38. The zero-order chi connectivity index (χ0) is 21.0. The summed E-state index contributed by atoms with van der Waals surface area (Å²) in [6, 6.07) is 16.9. The molecule has 3 heterocycles. The Morgan fingerprint density at radius 2 is 1.74 bits per heavy atom. The van der Waals surface area contributed by atoms with Crippen LogP contribution in [0.15, 0.2) is 48.5 Å². The molecule has 0 spiro atoms. The van der Waals surface area contributed by atoms with Crippen LogP contribution in [0.4, 0.5) is 11.4 Å². The maximum atomic E-state index is 12.8. The van der Waals surface area contributed by atoms with Crippen LogP contribution in [-0.2, 0) is 4.79 Å². The van der Waals surface area contributed by atoms with E-state index in [1.54, 1.807) is 11.3 Å². The number of carbonyl (C=O) groups excluding carboxylic acids is 1. The second-order valence-electron chi connectivity index (χ2n) is 8.64. The second-order valence-corrected chi connectivity index (χ2v) is 9.71. The van der Waals surface area contributed by atoms with Crippen molar-refractivity contribution in [1.29, 1.82) is 0 Å². The lowest BCUT2D eigenvalue weighted by Gasteiger charge is -2.23. The van der Waals surface area contributed by atoms with Crippen LogP contribution in [0.1, 0.15) is 49.6 Å². The normalized spacial score (nSPS) is 20.1. The van der Waals surface area contributed by atoms with Crippen molar-refractivity contribution in [3.63, 3.8) is 0 Å². The molecule has 2 saturated heterocycles. The summed E-state index contributed by atoms with van der Waals surface area (Å²) in [7, 11) is 0. The van der Waals surface area contributed by atoms with Crippen LogP contribution in [0, 0.1) is 0 Å². The summed E-state index contributed by atoms with van der Waals surface area (Å²) in [5.74, 6) is 0.0514. The maximum absolute atomic E-state index is 12.8. The summed E-state index contributed by atoms with van der Waals surface area (Å²) in [5, 5.41) is 4.23. The van der Waals surface area contributed by atoms with Gasteiger partial charge in [0.2, 0.25) is 5.91 Å². The standard InChI is InChI=1S/C25H30N4OS/c30-24(26-19-11-13-20(14-12-19)28-15-5-1-2-6-16-28)18-29-17-7-9-22(29)25-27-21-8-3-4-10-23(21)31-25/h3-4,8,10-14,22H,1-2,5-7,9,15-18H2,(H,26,30)/t22-/m1/s1. The van der Waals surface area contributed by atoms with E-state index in [4.69, 9.17) is 4.98 Å². The van der Waals surface area contributed by atoms with Crippen LogP contribution in [0.2, 0.25) is 0 Å². The summed E-state index contributed by atoms with van der Waals surface area (Å²) in [6.45, 7) is 3.62. The van der Waals surface area contributed by atoms with Gasteiger partial charge in [-0.15, -0.1) is 11.3 Å². The molecule has 2 aliphatic heterocycles. The van der Waals surface area contributed by atoms with Crippen molar-refractivity contribution in [2.75, 3.05) is 36.4 Å². The number of carbonyl (C=O) groups is 1. The molecule has 2 aliphatic rings. The molecule has 3 aromatic rings. The smallest absolute Gasteiger partial charge is 0.238 e. The minimum absolute atomic E-state index is 0.0514. The minimum Gasteiger partial charge on any atom is -0.372 e. The molecular weight excluding hydrogens is 404 g/mol. The second kappa shape index (κ2) is 9.37. The Morgan fingerprint density at radius 3 is 2.52 bits per heavy atom. The maximum Gasteiger partial charge on any atom is 0.238 e. The molecule has 2 aromatic carbocycles. The Morgan fingerprint density at radius 1 is 0.968 bits per heavy atom. The average molecular weight is 435 g/mol. The van der Waals surface area contributed by atoms with Crippen molar-refractivity contribution < 1.29 is 4.79 Å². The van der Waals surface area contributed by atoms with Gasteiger partial charge in [0.05, 0.1) is 22.8 Å². The zero-order valence-corrected chi connectivity index (χ0v) is 18.7. The fourth-order valence-electron chi connectivity index (χ4n) is 4.80. The largest absolute Gasteiger partial charge is 0.372 e. The Hall–Kier alpha value is -2.44. The molecule has 162 valence electrons. The zero-order valence-electron chi connectivity index (χ0n) is 17.9. The number of amides is 1. The molecule has 1 atom stereocenters. The predicted octanol–water partition coefficient (Wildman–Crippen LogP) is 5.45. The van der Waals surface area contributed by atoms with E-state index >= 15 is 0 Å². The number of rotatable bonds is 5. The van der Waals surface area contributed by atoms with Crippen molar-refractivity contribution in [3.8, 4) is 0 Å². The third-order valence-electron chi connectivity index (χ3n) is 6.43. The van der Waals surface area contributed by atoms with Crippen LogP contribution in [0.3, 0.4) is 0 Å².